The van der Waals surface area contributed by atoms with Crippen molar-refractivity contribution in [3.05, 3.63) is 64.1 Å². The van der Waals surface area contributed by atoms with E-state index in [1.54, 1.807) is 17.1 Å². The second-order valence-electron chi connectivity index (χ2n) is 6.86. The SMILES string of the molecule is CCn1cc(Cn2cc(NC(=O)C3CC(c4cccc(Br)c4)=NO3)cn2)c(C)n1. The van der Waals surface area contributed by atoms with Gasteiger partial charge in [0.1, 0.15) is 0 Å². The standard InChI is InChI=1S/C20H21BrN6O2/c1-3-26-10-15(13(2)24-26)11-27-12-17(9-22-27)23-20(28)19-8-18(25-29-19)14-5-4-6-16(21)7-14/h4-7,9-10,12,19H,3,8,11H2,1-2H3,(H,23,28). The molecule has 0 spiro atoms. The molecule has 0 radical (unpaired) electrons. The van der Waals surface area contributed by atoms with Crippen LogP contribution in [0.5, 0.6) is 0 Å². The molecule has 0 saturated carbocycles. The van der Waals surface area contributed by atoms with Crippen molar-refractivity contribution in [1.82, 2.24) is 19.6 Å². The number of amides is 1. The summed E-state index contributed by atoms with van der Waals surface area (Å²) in [6, 6.07) is 7.77. The fraction of sp³-hybridized carbons (Fsp3) is 0.300. The fourth-order valence-electron chi connectivity index (χ4n) is 3.14. The van der Waals surface area contributed by atoms with Crippen LogP contribution in [0.15, 0.2) is 52.5 Å². The number of nitrogens with zero attached hydrogens (tertiary/aromatic N) is 5. The minimum atomic E-state index is -0.655. The topological polar surface area (TPSA) is 86.3 Å². The van der Waals surface area contributed by atoms with Gasteiger partial charge in [-0.3, -0.25) is 14.2 Å². The Hall–Kier alpha value is -2.94. The summed E-state index contributed by atoms with van der Waals surface area (Å²) in [5.74, 6) is -0.242. The van der Waals surface area contributed by atoms with Gasteiger partial charge in [0.2, 0.25) is 6.10 Å². The molecule has 1 unspecified atom stereocenters. The summed E-state index contributed by atoms with van der Waals surface area (Å²) < 4.78 is 4.63. The number of carbonyl (C=O) groups excluding carboxylic acids is 1. The van der Waals surface area contributed by atoms with Gasteiger partial charge in [-0.2, -0.15) is 10.2 Å². The zero-order valence-electron chi connectivity index (χ0n) is 16.2. The van der Waals surface area contributed by atoms with Crippen LogP contribution in [0.25, 0.3) is 0 Å². The maximum Gasteiger partial charge on any atom is 0.268 e. The molecule has 29 heavy (non-hydrogen) atoms. The second-order valence-corrected chi connectivity index (χ2v) is 7.77. The van der Waals surface area contributed by atoms with Crippen LogP contribution >= 0.6 is 15.9 Å². The van der Waals surface area contributed by atoms with Gasteiger partial charge in [-0.25, -0.2) is 0 Å². The van der Waals surface area contributed by atoms with Crippen LogP contribution in [0, 0.1) is 6.92 Å². The third-order valence-corrected chi connectivity index (χ3v) is 5.22. The van der Waals surface area contributed by atoms with Crippen LogP contribution in [0.3, 0.4) is 0 Å². The number of oxime groups is 1. The first kappa shape index (κ1) is 19.4. The number of hydrogen-bond donors (Lipinski definition) is 1. The van der Waals surface area contributed by atoms with Crippen LogP contribution in [-0.4, -0.2) is 37.3 Å². The number of nitrogens with one attached hydrogen (secondary N) is 1. The molecule has 0 aliphatic carbocycles. The molecule has 150 valence electrons. The van der Waals surface area contributed by atoms with Crippen molar-refractivity contribution >= 4 is 33.2 Å². The van der Waals surface area contributed by atoms with E-state index in [2.05, 4.69) is 43.5 Å². The number of rotatable bonds is 6. The van der Waals surface area contributed by atoms with Crippen LogP contribution in [-0.2, 0) is 22.7 Å². The van der Waals surface area contributed by atoms with E-state index < -0.39 is 6.10 Å². The van der Waals surface area contributed by atoms with E-state index in [9.17, 15) is 4.79 Å². The third-order valence-electron chi connectivity index (χ3n) is 4.72. The average Bonchev–Trinajstić information content (AvgIpc) is 3.43. The summed E-state index contributed by atoms with van der Waals surface area (Å²) in [7, 11) is 0. The Morgan fingerprint density at radius 1 is 1.34 bits per heavy atom. The molecule has 1 amide bonds. The van der Waals surface area contributed by atoms with Gasteiger partial charge in [0.15, 0.2) is 0 Å². The molecule has 1 aliphatic heterocycles. The van der Waals surface area contributed by atoms with Crippen LogP contribution in [0.1, 0.15) is 30.2 Å². The van der Waals surface area contributed by atoms with Crippen molar-refractivity contribution in [2.45, 2.75) is 39.5 Å². The van der Waals surface area contributed by atoms with Crippen molar-refractivity contribution in [1.29, 1.82) is 0 Å². The smallest absolute Gasteiger partial charge is 0.268 e. The van der Waals surface area contributed by atoms with E-state index in [0.717, 1.165) is 33.5 Å². The monoisotopic (exact) mass is 456 g/mol. The van der Waals surface area contributed by atoms with E-state index >= 15 is 0 Å². The first-order valence-electron chi connectivity index (χ1n) is 9.36. The molecule has 9 heteroatoms. The molecular formula is C20H21BrN6O2. The van der Waals surface area contributed by atoms with Gasteiger partial charge >= 0.3 is 0 Å². The minimum Gasteiger partial charge on any atom is -0.382 e. The Bertz CT molecular complexity index is 1070. The summed E-state index contributed by atoms with van der Waals surface area (Å²) in [5, 5.41) is 15.7. The predicted octanol–water partition coefficient (Wildman–Crippen LogP) is 3.35. The first-order valence-corrected chi connectivity index (χ1v) is 10.2. The molecule has 0 bridgehead atoms. The number of halogens is 1. The lowest BCUT2D eigenvalue weighted by Crippen LogP contribution is -2.27. The van der Waals surface area contributed by atoms with Gasteiger partial charge in [-0.15, -0.1) is 0 Å². The lowest BCUT2D eigenvalue weighted by molar-refractivity contribution is -0.125. The Kier molecular flexibility index (Phi) is 5.48. The van der Waals surface area contributed by atoms with Gasteiger partial charge in [0.25, 0.3) is 5.91 Å². The fourth-order valence-corrected chi connectivity index (χ4v) is 3.54. The summed E-state index contributed by atoms with van der Waals surface area (Å²) in [5.41, 5.74) is 4.38. The highest BCUT2D eigenvalue weighted by Crippen LogP contribution is 2.21. The molecule has 0 saturated heterocycles. The number of aromatic nitrogens is 4. The van der Waals surface area contributed by atoms with Crippen molar-refractivity contribution in [2.24, 2.45) is 5.16 Å². The van der Waals surface area contributed by atoms with Crippen LogP contribution in [0.2, 0.25) is 0 Å². The Morgan fingerprint density at radius 2 is 2.21 bits per heavy atom. The maximum atomic E-state index is 12.6. The highest BCUT2D eigenvalue weighted by molar-refractivity contribution is 9.10. The number of hydrogen-bond acceptors (Lipinski definition) is 5. The molecule has 1 N–H and O–H groups in total. The second kappa shape index (κ2) is 8.20. The minimum absolute atomic E-state index is 0.242. The Labute approximate surface area is 176 Å². The molecule has 1 aliphatic rings. The molecule has 0 fully saturated rings. The van der Waals surface area contributed by atoms with Crippen molar-refractivity contribution < 1.29 is 9.63 Å². The van der Waals surface area contributed by atoms with E-state index in [4.69, 9.17) is 4.84 Å². The zero-order chi connectivity index (χ0) is 20.4. The summed E-state index contributed by atoms with van der Waals surface area (Å²) in [6.45, 7) is 5.45. The highest BCUT2D eigenvalue weighted by Gasteiger charge is 2.29. The highest BCUT2D eigenvalue weighted by atomic mass is 79.9. The molecule has 4 rings (SSSR count). The van der Waals surface area contributed by atoms with Gasteiger partial charge in [0.05, 0.1) is 29.8 Å². The van der Waals surface area contributed by atoms with Gasteiger partial charge < -0.3 is 10.2 Å². The average molecular weight is 457 g/mol. The van der Waals surface area contributed by atoms with E-state index in [1.165, 1.54) is 0 Å². The molecule has 1 atom stereocenters. The van der Waals surface area contributed by atoms with Gasteiger partial charge in [-0.1, -0.05) is 33.2 Å². The molecule has 3 heterocycles. The first-order chi connectivity index (χ1) is 14.0. The lowest BCUT2D eigenvalue weighted by atomic mass is 10.0. The molecule has 1 aromatic carbocycles. The summed E-state index contributed by atoms with van der Waals surface area (Å²) in [4.78, 5) is 17.9. The predicted molar refractivity (Wildman–Crippen MR) is 113 cm³/mol. The quantitative estimate of drug-likeness (QED) is 0.615. The molecule has 2 aromatic heterocycles. The molecule has 8 nitrogen and oxygen atoms in total. The van der Waals surface area contributed by atoms with Crippen molar-refractivity contribution in [3.63, 3.8) is 0 Å². The third kappa shape index (κ3) is 4.40. The number of carbonyl (C=O) groups is 1. The Balaban J connectivity index is 1.35. The van der Waals surface area contributed by atoms with E-state index in [1.807, 2.05) is 42.1 Å². The van der Waals surface area contributed by atoms with Crippen LogP contribution in [0.4, 0.5) is 5.69 Å². The maximum absolute atomic E-state index is 12.6. The summed E-state index contributed by atoms with van der Waals surface area (Å²) >= 11 is 3.44. The lowest BCUT2D eigenvalue weighted by Gasteiger charge is -2.07. The number of benzene rings is 1. The number of anilines is 1. The zero-order valence-corrected chi connectivity index (χ0v) is 17.8. The van der Waals surface area contributed by atoms with Crippen molar-refractivity contribution in [3.8, 4) is 0 Å². The number of aryl methyl sites for hydroxylation is 2. The molecular weight excluding hydrogens is 436 g/mol. The summed E-state index contributed by atoms with van der Waals surface area (Å²) in [6.07, 6.45) is 5.21. The van der Waals surface area contributed by atoms with Gasteiger partial charge in [-0.05, 0) is 26.0 Å². The molecule has 3 aromatic rings. The van der Waals surface area contributed by atoms with Gasteiger partial charge in [0, 0.05) is 41.0 Å². The largest absolute Gasteiger partial charge is 0.382 e. The van der Waals surface area contributed by atoms with Crippen LogP contribution < -0.4 is 5.32 Å². The normalized spacial score (nSPS) is 15.8. The van der Waals surface area contributed by atoms with Crippen molar-refractivity contribution in [2.75, 3.05) is 5.32 Å². The Morgan fingerprint density at radius 3 is 2.97 bits per heavy atom. The van der Waals surface area contributed by atoms with E-state index in [0.29, 0.717) is 18.7 Å². The van der Waals surface area contributed by atoms with E-state index in [-0.39, 0.29) is 5.91 Å².